The molecule has 6 nitrogen and oxygen atoms in total. The minimum absolute atomic E-state index is 0.177. The van der Waals surface area contributed by atoms with Gasteiger partial charge in [-0.2, -0.15) is 0 Å². The Morgan fingerprint density at radius 1 is 1.38 bits per heavy atom. The molecule has 0 aliphatic carbocycles. The van der Waals surface area contributed by atoms with E-state index < -0.39 is 12.0 Å². The standard InChI is InChI=1S/C18H25NO5/c1-11(2)14-6-5-12(3)7-16(14)24-10-17(20)19-9-13(23-4)8-15(19)18(21)22/h5-7,11,13,15H,8-10H2,1-4H3,(H,21,22). The summed E-state index contributed by atoms with van der Waals surface area (Å²) >= 11 is 0. The number of hydrogen-bond acceptors (Lipinski definition) is 4. The summed E-state index contributed by atoms with van der Waals surface area (Å²) in [5, 5.41) is 9.29. The number of amides is 1. The average molecular weight is 335 g/mol. The van der Waals surface area contributed by atoms with Gasteiger partial charge >= 0.3 is 5.97 Å². The summed E-state index contributed by atoms with van der Waals surface area (Å²) in [6.07, 6.45) is 0.0551. The van der Waals surface area contributed by atoms with Gasteiger partial charge < -0.3 is 19.5 Å². The van der Waals surface area contributed by atoms with Crippen LogP contribution in [0.4, 0.5) is 0 Å². The maximum atomic E-state index is 12.4. The van der Waals surface area contributed by atoms with Crippen molar-refractivity contribution in [2.45, 2.75) is 45.3 Å². The van der Waals surface area contributed by atoms with Crippen LogP contribution in [-0.4, -0.2) is 54.3 Å². The minimum atomic E-state index is -1.01. The maximum Gasteiger partial charge on any atom is 0.326 e. The summed E-state index contributed by atoms with van der Waals surface area (Å²) in [4.78, 5) is 25.1. The maximum absolute atomic E-state index is 12.4. The molecule has 1 aliphatic heterocycles. The van der Waals surface area contributed by atoms with Gasteiger partial charge in [0, 0.05) is 20.1 Å². The van der Waals surface area contributed by atoms with E-state index in [1.165, 1.54) is 12.0 Å². The third-order valence-electron chi connectivity index (χ3n) is 4.34. The first-order valence-corrected chi connectivity index (χ1v) is 8.12. The van der Waals surface area contributed by atoms with Crippen molar-refractivity contribution in [1.82, 2.24) is 4.90 Å². The summed E-state index contributed by atoms with van der Waals surface area (Å²) < 4.78 is 10.9. The molecular weight excluding hydrogens is 310 g/mol. The van der Waals surface area contributed by atoms with Crippen molar-refractivity contribution in [2.24, 2.45) is 0 Å². The van der Waals surface area contributed by atoms with Gasteiger partial charge in [-0.3, -0.25) is 4.79 Å². The molecule has 6 heteroatoms. The number of aryl methyl sites for hydroxylation is 1. The van der Waals surface area contributed by atoms with Crippen LogP contribution in [0.5, 0.6) is 5.75 Å². The predicted molar refractivity (Wildman–Crippen MR) is 89.3 cm³/mol. The van der Waals surface area contributed by atoms with Crippen LogP contribution in [0.15, 0.2) is 18.2 Å². The third-order valence-corrected chi connectivity index (χ3v) is 4.34. The molecule has 1 N–H and O–H groups in total. The quantitative estimate of drug-likeness (QED) is 0.862. The Balaban J connectivity index is 2.08. The van der Waals surface area contributed by atoms with Crippen molar-refractivity contribution in [1.29, 1.82) is 0 Å². The lowest BCUT2D eigenvalue weighted by Crippen LogP contribution is -2.43. The molecule has 1 aliphatic rings. The van der Waals surface area contributed by atoms with Crippen molar-refractivity contribution in [3.05, 3.63) is 29.3 Å². The molecule has 0 spiro atoms. The van der Waals surface area contributed by atoms with Gasteiger partial charge in [-0.25, -0.2) is 4.79 Å². The Morgan fingerprint density at radius 2 is 2.08 bits per heavy atom. The lowest BCUT2D eigenvalue weighted by Gasteiger charge is -2.22. The molecule has 1 heterocycles. The Bertz CT molecular complexity index is 613. The van der Waals surface area contributed by atoms with Crippen molar-refractivity contribution >= 4 is 11.9 Å². The van der Waals surface area contributed by atoms with Crippen LogP contribution < -0.4 is 4.74 Å². The van der Waals surface area contributed by atoms with E-state index >= 15 is 0 Å². The second kappa shape index (κ2) is 7.66. The highest BCUT2D eigenvalue weighted by molar-refractivity contribution is 5.85. The number of carbonyl (C=O) groups excluding carboxylic acids is 1. The molecule has 1 aromatic carbocycles. The lowest BCUT2D eigenvalue weighted by molar-refractivity contribution is -0.149. The molecule has 0 saturated carbocycles. The van der Waals surface area contributed by atoms with E-state index in [-0.39, 0.29) is 31.1 Å². The molecule has 0 radical (unpaired) electrons. The normalized spacial score (nSPS) is 20.5. The van der Waals surface area contributed by atoms with Gasteiger partial charge in [0.25, 0.3) is 5.91 Å². The number of likely N-dealkylation sites (tertiary alicyclic amines) is 1. The predicted octanol–water partition coefficient (Wildman–Crippen LogP) is 2.20. The minimum Gasteiger partial charge on any atom is -0.483 e. The first kappa shape index (κ1) is 18.3. The second-order valence-corrected chi connectivity index (χ2v) is 6.48. The molecule has 132 valence electrons. The van der Waals surface area contributed by atoms with Crippen LogP contribution in [-0.2, 0) is 14.3 Å². The van der Waals surface area contributed by atoms with E-state index in [2.05, 4.69) is 13.8 Å². The summed E-state index contributed by atoms with van der Waals surface area (Å²) in [6, 6.07) is 5.05. The third kappa shape index (κ3) is 4.06. The summed E-state index contributed by atoms with van der Waals surface area (Å²) in [7, 11) is 1.52. The number of carboxylic acid groups (broad SMARTS) is 1. The highest BCUT2D eigenvalue weighted by Crippen LogP contribution is 2.28. The fourth-order valence-electron chi connectivity index (χ4n) is 2.94. The van der Waals surface area contributed by atoms with Crippen molar-refractivity contribution < 1.29 is 24.2 Å². The number of carbonyl (C=O) groups is 2. The zero-order chi connectivity index (χ0) is 17.9. The van der Waals surface area contributed by atoms with Crippen LogP contribution in [0.3, 0.4) is 0 Å². The molecular formula is C18H25NO5. The number of ether oxygens (including phenoxy) is 2. The van der Waals surface area contributed by atoms with E-state index in [0.717, 1.165) is 11.1 Å². The van der Waals surface area contributed by atoms with Gasteiger partial charge in [0.2, 0.25) is 0 Å². The monoisotopic (exact) mass is 335 g/mol. The Labute approximate surface area is 142 Å². The van der Waals surface area contributed by atoms with Crippen LogP contribution >= 0.6 is 0 Å². The number of nitrogens with zero attached hydrogens (tertiary/aromatic N) is 1. The first-order valence-electron chi connectivity index (χ1n) is 8.12. The zero-order valence-electron chi connectivity index (χ0n) is 14.6. The summed E-state index contributed by atoms with van der Waals surface area (Å²) in [6.45, 7) is 6.18. The molecule has 1 aromatic rings. The molecule has 0 bridgehead atoms. The fraction of sp³-hybridized carbons (Fsp3) is 0.556. The highest BCUT2D eigenvalue weighted by atomic mass is 16.5. The smallest absolute Gasteiger partial charge is 0.326 e. The fourth-order valence-corrected chi connectivity index (χ4v) is 2.94. The molecule has 2 unspecified atom stereocenters. The highest BCUT2D eigenvalue weighted by Gasteiger charge is 2.39. The van der Waals surface area contributed by atoms with E-state index in [1.54, 1.807) is 0 Å². The van der Waals surface area contributed by atoms with Gasteiger partial charge in [-0.1, -0.05) is 26.0 Å². The van der Waals surface area contributed by atoms with E-state index in [9.17, 15) is 14.7 Å². The Kier molecular flexibility index (Phi) is 5.83. The van der Waals surface area contributed by atoms with Gasteiger partial charge in [-0.15, -0.1) is 0 Å². The zero-order valence-corrected chi connectivity index (χ0v) is 14.6. The van der Waals surface area contributed by atoms with Crippen LogP contribution in [0.1, 0.15) is 37.3 Å². The van der Waals surface area contributed by atoms with Crippen molar-refractivity contribution in [2.75, 3.05) is 20.3 Å². The molecule has 2 atom stereocenters. The number of benzene rings is 1. The number of rotatable bonds is 6. The molecule has 1 amide bonds. The van der Waals surface area contributed by atoms with Gasteiger partial charge in [0.05, 0.1) is 6.10 Å². The van der Waals surface area contributed by atoms with E-state index in [4.69, 9.17) is 9.47 Å². The molecule has 2 rings (SSSR count). The topological polar surface area (TPSA) is 76.1 Å². The SMILES string of the molecule is COC1CC(C(=O)O)N(C(=O)COc2cc(C)ccc2C(C)C)C1. The largest absolute Gasteiger partial charge is 0.483 e. The van der Waals surface area contributed by atoms with Gasteiger partial charge in [0.1, 0.15) is 11.8 Å². The number of aliphatic carboxylic acids is 1. The van der Waals surface area contributed by atoms with Crippen molar-refractivity contribution in [3.63, 3.8) is 0 Å². The lowest BCUT2D eigenvalue weighted by atomic mass is 10.0. The van der Waals surface area contributed by atoms with E-state index in [1.807, 2.05) is 25.1 Å². The van der Waals surface area contributed by atoms with E-state index in [0.29, 0.717) is 12.2 Å². The van der Waals surface area contributed by atoms with Crippen LogP contribution in [0, 0.1) is 6.92 Å². The molecule has 0 aromatic heterocycles. The van der Waals surface area contributed by atoms with Crippen LogP contribution in [0.2, 0.25) is 0 Å². The summed E-state index contributed by atoms with van der Waals surface area (Å²) in [5.41, 5.74) is 2.07. The van der Waals surface area contributed by atoms with Gasteiger partial charge in [-0.05, 0) is 30.0 Å². The summed E-state index contributed by atoms with van der Waals surface area (Å²) in [5.74, 6) is -0.403. The average Bonchev–Trinajstić information content (AvgIpc) is 2.97. The number of methoxy groups -OCH3 is 1. The second-order valence-electron chi connectivity index (χ2n) is 6.48. The van der Waals surface area contributed by atoms with Crippen molar-refractivity contribution in [3.8, 4) is 5.75 Å². The van der Waals surface area contributed by atoms with Gasteiger partial charge in [0.15, 0.2) is 6.61 Å². The molecule has 1 fully saturated rings. The number of carboxylic acids is 1. The Hall–Kier alpha value is -2.08. The molecule has 1 saturated heterocycles. The Morgan fingerprint density at radius 3 is 2.67 bits per heavy atom. The number of hydrogen-bond donors (Lipinski definition) is 1. The first-order chi connectivity index (χ1) is 11.3. The molecule has 24 heavy (non-hydrogen) atoms. The van der Waals surface area contributed by atoms with Crippen LogP contribution in [0.25, 0.3) is 0 Å².